The third-order valence-electron chi connectivity index (χ3n) is 3.41. The summed E-state index contributed by atoms with van der Waals surface area (Å²) in [5, 5.41) is 9.64. The number of hydrogen-bond acceptors (Lipinski definition) is 7. The highest BCUT2D eigenvalue weighted by Crippen LogP contribution is 2.25. The van der Waals surface area contributed by atoms with Gasteiger partial charge in [-0.25, -0.2) is 15.8 Å². The van der Waals surface area contributed by atoms with E-state index in [0.29, 0.717) is 18.2 Å². The Kier molecular flexibility index (Phi) is 4.52. The number of ether oxygens (including phenoxy) is 1. The molecule has 1 fully saturated rings. The summed E-state index contributed by atoms with van der Waals surface area (Å²) < 4.78 is 5.05. The van der Waals surface area contributed by atoms with Crippen molar-refractivity contribution >= 4 is 11.6 Å². The number of hydrazine groups is 1. The molecule has 0 aliphatic carbocycles. The fraction of sp³-hybridized carbons (Fsp3) is 0.667. The minimum atomic E-state index is -0.294. The van der Waals surface area contributed by atoms with Crippen LogP contribution in [0.4, 0.5) is 11.6 Å². The number of nitrogens with one attached hydrogen (secondary N) is 1. The van der Waals surface area contributed by atoms with Crippen molar-refractivity contribution in [3.8, 4) is 0 Å². The van der Waals surface area contributed by atoms with Gasteiger partial charge in [-0.2, -0.15) is 0 Å². The number of aliphatic hydroxyl groups is 1. The Morgan fingerprint density at radius 1 is 1.63 bits per heavy atom. The van der Waals surface area contributed by atoms with Gasteiger partial charge in [0.15, 0.2) is 5.82 Å². The second-order valence-electron chi connectivity index (χ2n) is 4.84. The van der Waals surface area contributed by atoms with Crippen molar-refractivity contribution in [3.63, 3.8) is 0 Å². The molecule has 0 spiro atoms. The predicted octanol–water partition coefficient (Wildman–Crippen LogP) is 0.116. The van der Waals surface area contributed by atoms with Crippen molar-refractivity contribution in [1.82, 2.24) is 9.97 Å². The van der Waals surface area contributed by atoms with E-state index in [1.54, 1.807) is 7.11 Å². The molecule has 2 unspecified atom stereocenters. The molecule has 0 aromatic carbocycles. The van der Waals surface area contributed by atoms with E-state index in [2.05, 4.69) is 20.3 Å². The maximum Gasteiger partial charge on any atom is 0.158 e. The minimum Gasteiger partial charge on any atom is -0.393 e. The number of aromatic nitrogens is 2. The molecule has 2 heterocycles. The average Bonchev–Trinajstić information content (AvgIpc) is 2.88. The first-order valence-electron chi connectivity index (χ1n) is 6.40. The largest absolute Gasteiger partial charge is 0.393 e. The molecule has 7 nitrogen and oxygen atoms in total. The van der Waals surface area contributed by atoms with Crippen LogP contribution in [0.5, 0.6) is 0 Å². The van der Waals surface area contributed by atoms with Crippen LogP contribution >= 0.6 is 0 Å². The summed E-state index contributed by atoms with van der Waals surface area (Å²) in [6, 6.07) is 1.81. The lowest BCUT2D eigenvalue weighted by Crippen LogP contribution is -2.25. The van der Waals surface area contributed by atoms with E-state index in [1.807, 2.05) is 13.0 Å². The first kappa shape index (κ1) is 14.0. The zero-order valence-electron chi connectivity index (χ0n) is 11.3. The van der Waals surface area contributed by atoms with E-state index >= 15 is 0 Å². The Balaban J connectivity index is 2.17. The molecular formula is C12H21N5O2. The summed E-state index contributed by atoms with van der Waals surface area (Å²) in [7, 11) is 1.60. The van der Waals surface area contributed by atoms with Gasteiger partial charge < -0.3 is 20.2 Å². The summed E-state index contributed by atoms with van der Waals surface area (Å²) in [4.78, 5) is 10.8. The first-order valence-corrected chi connectivity index (χ1v) is 6.40. The van der Waals surface area contributed by atoms with Gasteiger partial charge in [-0.05, 0) is 13.3 Å². The highest BCUT2D eigenvalue weighted by Gasteiger charge is 2.27. The second-order valence-corrected chi connectivity index (χ2v) is 4.84. The molecule has 1 aromatic heterocycles. The number of rotatable bonds is 5. The number of nitrogens with two attached hydrogens (primary N) is 1. The van der Waals surface area contributed by atoms with Crippen molar-refractivity contribution in [2.24, 2.45) is 11.8 Å². The molecule has 0 saturated carbocycles. The first-order chi connectivity index (χ1) is 9.13. The lowest BCUT2D eigenvalue weighted by Gasteiger charge is -2.19. The molecule has 0 bridgehead atoms. The topological polar surface area (TPSA) is 96.5 Å². The van der Waals surface area contributed by atoms with Crippen LogP contribution in [0.2, 0.25) is 0 Å². The standard InChI is InChI=1S/C12H21N5O2/c1-8(18)9-3-4-17(6-9)12-5-10(16-13)14-11(15-12)7-19-2/h5,8-9,18H,3-4,6-7,13H2,1-2H3,(H,14,15,16). The quantitative estimate of drug-likeness (QED) is 0.515. The third kappa shape index (κ3) is 3.31. The molecule has 2 rings (SSSR count). The van der Waals surface area contributed by atoms with Crippen molar-refractivity contribution in [1.29, 1.82) is 0 Å². The van der Waals surface area contributed by atoms with Crippen LogP contribution in [-0.2, 0) is 11.3 Å². The van der Waals surface area contributed by atoms with Gasteiger partial charge in [-0.1, -0.05) is 0 Å². The summed E-state index contributed by atoms with van der Waals surface area (Å²) in [5.41, 5.74) is 2.54. The van der Waals surface area contributed by atoms with Crippen LogP contribution in [0.15, 0.2) is 6.07 Å². The molecule has 2 atom stereocenters. The number of anilines is 2. The van der Waals surface area contributed by atoms with E-state index in [0.717, 1.165) is 25.3 Å². The van der Waals surface area contributed by atoms with E-state index in [1.165, 1.54) is 0 Å². The third-order valence-corrected chi connectivity index (χ3v) is 3.41. The SMILES string of the molecule is COCc1nc(NN)cc(N2CCC(C(C)O)C2)n1. The van der Waals surface area contributed by atoms with Gasteiger partial charge in [-0.3, -0.25) is 0 Å². The van der Waals surface area contributed by atoms with Crippen molar-refractivity contribution in [2.45, 2.75) is 26.1 Å². The maximum atomic E-state index is 9.64. The molecule has 4 N–H and O–H groups in total. The van der Waals surface area contributed by atoms with Gasteiger partial charge >= 0.3 is 0 Å². The van der Waals surface area contributed by atoms with Crippen molar-refractivity contribution < 1.29 is 9.84 Å². The Hall–Kier alpha value is -1.44. The Bertz CT molecular complexity index is 427. The summed E-state index contributed by atoms with van der Waals surface area (Å²) in [6.07, 6.45) is 0.671. The van der Waals surface area contributed by atoms with E-state index in [9.17, 15) is 5.11 Å². The van der Waals surface area contributed by atoms with Crippen molar-refractivity contribution in [2.75, 3.05) is 30.5 Å². The van der Waals surface area contributed by atoms with Gasteiger partial charge in [0, 0.05) is 32.2 Å². The molecule has 1 aromatic rings. The van der Waals surface area contributed by atoms with Crippen LogP contribution in [0.1, 0.15) is 19.2 Å². The minimum absolute atomic E-state index is 0.287. The highest BCUT2D eigenvalue weighted by atomic mass is 16.5. The van der Waals surface area contributed by atoms with Crippen molar-refractivity contribution in [3.05, 3.63) is 11.9 Å². The summed E-state index contributed by atoms with van der Waals surface area (Å²) in [6.45, 7) is 3.85. The van der Waals surface area contributed by atoms with Crippen LogP contribution in [0.25, 0.3) is 0 Å². The van der Waals surface area contributed by atoms with E-state index in [-0.39, 0.29) is 12.0 Å². The zero-order valence-corrected chi connectivity index (χ0v) is 11.3. The Labute approximate surface area is 112 Å². The number of nitrogen functional groups attached to an aromatic ring is 1. The number of methoxy groups -OCH3 is 1. The van der Waals surface area contributed by atoms with Gasteiger partial charge in [0.2, 0.25) is 0 Å². The number of hydrogen-bond donors (Lipinski definition) is 3. The maximum absolute atomic E-state index is 9.64. The fourth-order valence-electron chi connectivity index (χ4n) is 2.30. The Morgan fingerprint density at radius 3 is 3.00 bits per heavy atom. The van der Waals surface area contributed by atoms with Crippen LogP contribution in [-0.4, -0.2) is 41.4 Å². The highest BCUT2D eigenvalue weighted by molar-refractivity contribution is 5.49. The average molecular weight is 267 g/mol. The van der Waals surface area contributed by atoms with E-state index in [4.69, 9.17) is 10.6 Å². The second kappa shape index (κ2) is 6.14. The molecule has 106 valence electrons. The monoisotopic (exact) mass is 267 g/mol. The fourth-order valence-corrected chi connectivity index (χ4v) is 2.30. The summed E-state index contributed by atoms with van der Waals surface area (Å²) >= 11 is 0. The Morgan fingerprint density at radius 2 is 2.42 bits per heavy atom. The number of aliphatic hydroxyl groups excluding tert-OH is 1. The van der Waals surface area contributed by atoms with Crippen LogP contribution in [0.3, 0.4) is 0 Å². The van der Waals surface area contributed by atoms with E-state index < -0.39 is 0 Å². The molecule has 1 aliphatic heterocycles. The lowest BCUT2D eigenvalue weighted by atomic mass is 10.0. The molecule has 19 heavy (non-hydrogen) atoms. The molecule has 0 radical (unpaired) electrons. The van der Waals surface area contributed by atoms with Crippen LogP contribution < -0.4 is 16.2 Å². The van der Waals surface area contributed by atoms with Gasteiger partial charge in [0.05, 0.1) is 6.10 Å². The smallest absolute Gasteiger partial charge is 0.158 e. The molecule has 1 saturated heterocycles. The molecule has 7 heteroatoms. The zero-order chi connectivity index (χ0) is 13.8. The molecule has 0 amide bonds. The van der Waals surface area contributed by atoms with Crippen LogP contribution in [0, 0.1) is 5.92 Å². The predicted molar refractivity (Wildman–Crippen MR) is 72.6 cm³/mol. The molecular weight excluding hydrogens is 246 g/mol. The lowest BCUT2D eigenvalue weighted by molar-refractivity contribution is 0.136. The van der Waals surface area contributed by atoms with Gasteiger partial charge in [0.1, 0.15) is 18.2 Å². The number of nitrogens with zero attached hydrogens (tertiary/aromatic N) is 3. The van der Waals surface area contributed by atoms with Gasteiger partial charge in [-0.15, -0.1) is 0 Å². The normalized spacial score (nSPS) is 20.6. The van der Waals surface area contributed by atoms with Gasteiger partial charge in [0.25, 0.3) is 0 Å². The summed E-state index contributed by atoms with van der Waals surface area (Å²) in [5.74, 6) is 7.68. The molecule has 1 aliphatic rings.